The Morgan fingerprint density at radius 1 is 1.12 bits per heavy atom. The summed E-state index contributed by atoms with van der Waals surface area (Å²) in [4.78, 5) is 2.48. The Morgan fingerprint density at radius 3 is 2.50 bits per heavy atom. The minimum absolute atomic E-state index is 0.838. The molecule has 16 heavy (non-hydrogen) atoms. The van der Waals surface area contributed by atoms with Crippen molar-refractivity contribution in [3.63, 3.8) is 0 Å². The highest BCUT2D eigenvalue weighted by Crippen LogP contribution is 2.18. The Labute approximate surface area is 102 Å². The predicted octanol–water partition coefficient (Wildman–Crippen LogP) is 2.89. The van der Waals surface area contributed by atoms with Crippen molar-refractivity contribution in [2.45, 2.75) is 58.4 Å². The number of unbranched alkanes of at least 4 members (excludes halogenated alkanes) is 2. The summed E-state index contributed by atoms with van der Waals surface area (Å²) in [6.45, 7) is 8.38. The summed E-state index contributed by atoms with van der Waals surface area (Å²) >= 11 is 0. The van der Waals surface area contributed by atoms with Crippen LogP contribution in [0.1, 0.15) is 52.4 Å². The Hall–Kier alpha value is -0.0800. The van der Waals surface area contributed by atoms with Crippen LogP contribution in [0.3, 0.4) is 0 Å². The lowest BCUT2D eigenvalue weighted by Crippen LogP contribution is -2.22. The zero-order valence-corrected chi connectivity index (χ0v) is 11.5. The molecule has 1 saturated carbocycles. The molecule has 0 amide bonds. The molecule has 0 saturated heterocycles. The van der Waals surface area contributed by atoms with Crippen LogP contribution in [0.25, 0.3) is 0 Å². The van der Waals surface area contributed by atoms with Crippen LogP contribution in [0, 0.1) is 5.92 Å². The van der Waals surface area contributed by atoms with Crippen molar-refractivity contribution >= 4 is 0 Å². The standard InChI is InChI=1S/C14H30N2/c1-13(2)9-12-16(3)11-6-4-5-10-15-14-7-8-14/h13-15H,4-12H2,1-3H3. The average Bonchev–Trinajstić information content (AvgIpc) is 3.04. The molecule has 0 unspecified atom stereocenters. The first-order chi connectivity index (χ1) is 7.68. The quantitative estimate of drug-likeness (QED) is 0.576. The summed E-state index contributed by atoms with van der Waals surface area (Å²) < 4.78 is 0. The van der Waals surface area contributed by atoms with Gasteiger partial charge in [0.25, 0.3) is 0 Å². The number of rotatable bonds is 10. The maximum Gasteiger partial charge on any atom is 0.00682 e. The van der Waals surface area contributed by atoms with E-state index in [1.165, 1.54) is 58.2 Å². The van der Waals surface area contributed by atoms with Gasteiger partial charge in [0, 0.05) is 6.04 Å². The maximum atomic E-state index is 3.57. The molecule has 1 aliphatic carbocycles. The van der Waals surface area contributed by atoms with Gasteiger partial charge in [-0.3, -0.25) is 0 Å². The predicted molar refractivity (Wildman–Crippen MR) is 71.8 cm³/mol. The molecule has 0 radical (unpaired) electrons. The molecule has 96 valence electrons. The third-order valence-electron chi connectivity index (χ3n) is 3.32. The summed E-state index contributed by atoms with van der Waals surface area (Å²) in [7, 11) is 2.25. The van der Waals surface area contributed by atoms with Gasteiger partial charge in [0.2, 0.25) is 0 Å². The molecule has 0 spiro atoms. The van der Waals surface area contributed by atoms with Crippen molar-refractivity contribution < 1.29 is 0 Å². The molecule has 1 fully saturated rings. The summed E-state index contributed by atoms with van der Waals surface area (Å²) in [6.07, 6.45) is 8.26. The summed E-state index contributed by atoms with van der Waals surface area (Å²) in [6, 6.07) is 0.883. The number of hydrogen-bond donors (Lipinski definition) is 1. The van der Waals surface area contributed by atoms with Crippen LogP contribution < -0.4 is 5.32 Å². The third-order valence-corrected chi connectivity index (χ3v) is 3.32. The molecule has 2 nitrogen and oxygen atoms in total. The highest BCUT2D eigenvalue weighted by Gasteiger charge is 2.19. The fourth-order valence-electron chi connectivity index (χ4n) is 1.87. The summed E-state index contributed by atoms with van der Waals surface area (Å²) in [5.41, 5.74) is 0. The monoisotopic (exact) mass is 226 g/mol. The number of hydrogen-bond acceptors (Lipinski definition) is 2. The van der Waals surface area contributed by atoms with Gasteiger partial charge in [0.15, 0.2) is 0 Å². The molecule has 1 aliphatic rings. The fraction of sp³-hybridized carbons (Fsp3) is 1.00. The molecule has 0 aliphatic heterocycles. The van der Waals surface area contributed by atoms with Gasteiger partial charge in [-0.05, 0) is 64.7 Å². The van der Waals surface area contributed by atoms with E-state index in [2.05, 4.69) is 31.1 Å². The van der Waals surface area contributed by atoms with Crippen molar-refractivity contribution in [2.24, 2.45) is 5.92 Å². The van der Waals surface area contributed by atoms with Crippen LogP contribution in [0.2, 0.25) is 0 Å². The highest BCUT2D eigenvalue weighted by atomic mass is 15.1. The van der Waals surface area contributed by atoms with Crippen molar-refractivity contribution in [3.05, 3.63) is 0 Å². The second-order valence-electron chi connectivity index (χ2n) is 5.77. The van der Waals surface area contributed by atoms with Crippen molar-refractivity contribution in [2.75, 3.05) is 26.7 Å². The van der Waals surface area contributed by atoms with Crippen molar-refractivity contribution in [1.29, 1.82) is 0 Å². The fourth-order valence-corrected chi connectivity index (χ4v) is 1.87. The average molecular weight is 226 g/mol. The lowest BCUT2D eigenvalue weighted by Gasteiger charge is -2.17. The molecule has 0 aromatic heterocycles. The molecule has 0 heterocycles. The Balaban J connectivity index is 1.78. The molecule has 2 heteroatoms. The van der Waals surface area contributed by atoms with Gasteiger partial charge in [-0.25, -0.2) is 0 Å². The van der Waals surface area contributed by atoms with E-state index in [4.69, 9.17) is 0 Å². The van der Waals surface area contributed by atoms with Crippen LogP contribution in [0.4, 0.5) is 0 Å². The molecular weight excluding hydrogens is 196 g/mol. The van der Waals surface area contributed by atoms with Gasteiger partial charge in [-0.1, -0.05) is 20.3 Å². The van der Waals surface area contributed by atoms with Crippen molar-refractivity contribution in [3.8, 4) is 0 Å². The van der Waals surface area contributed by atoms with Gasteiger partial charge in [-0.2, -0.15) is 0 Å². The van der Waals surface area contributed by atoms with E-state index < -0.39 is 0 Å². The summed E-state index contributed by atoms with van der Waals surface area (Å²) in [5, 5.41) is 3.57. The highest BCUT2D eigenvalue weighted by molar-refractivity contribution is 4.80. The van der Waals surface area contributed by atoms with E-state index in [0.29, 0.717) is 0 Å². The van der Waals surface area contributed by atoms with Crippen LogP contribution in [-0.4, -0.2) is 37.6 Å². The minimum Gasteiger partial charge on any atom is -0.314 e. The third kappa shape index (κ3) is 8.12. The van der Waals surface area contributed by atoms with Gasteiger partial charge in [0.1, 0.15) is 0 Å². The Morgan fingerprint density at radius 2 is 1.88 bits per heavy atom. The molecule has 0 aromatic carbocycles. The van der Waals surface area contributed by atoms with Crippen LogP contribution in [0.15, 0.2) is 0 Å². The molecule has 1 rings (SSSR count). The van der Waals surface area contributed by atoms with Crippen LogP contribution >= 0.6 is 0 Å². The molecule has 1 N–H and O–H groups in total. The van der Waals surface area contributed by atoms with E-state index in [1.54, 1.807) is 0 Å². The Kier molecular flexibility index (Phi) is 7.06. The molecule has 0 atom stereocenters. The molecule has 0 aromatic rings. The first kappa shape index (κ1) is 14.0. The second-order valence-corrected chi connectivity index (χ2v) is 5.77. The number of nitrogens with zero attached hydrogens (tertiary/aromatic N) is 1. The number of nitrogens with one attached hydrogen (secondary N) is 1. The topological polar surface area (TPSA) is 15.3 Å². The normalized spacial score (nSPS) is 16.3. The maximum absolute atomic E-state index is 3.57. The van der Waals surface area contributed by atoms with Crippen molar-refractivity contribution in [1.82, 2.24) is 10.2 Å². The second kappa shape index (κ2) is 8.08. The van der Waals surface area contributed by atoms with Gasteiger partial charge in [-0.15, -0.1) is 0 Å². The lowest BCUT2D eigenvalue weighted by molar-refractivity contribution is 0.302. The van der Waals surface area contributed by atoms with Crippen LogP contribution in [-0.2, 0) is 0 Å². The van der Waals surface area contributed by atoms with E-state index in [9.17, 15) is 0 Å². The van der Waals surface area contributed by atoms with E-state index in [0.717, 1.165) is 12.0 Å². The smallest absolute Gasteiger partial charge is 0.00682 e. The van der Waals surface area contributed by atoms with Gasteiger partial charge >= 0.3 is 0 Å². The zero-order chi connectivity index (χ0) is 11.8. The van der Waals surface area contributed by atoms with Gasteiger partial charge < -0.3 is 10.2 Å². The zero-order valence-electron chi connectivity index (χ0n) is 11.5. The van der Waals surface area contributed by atoms with Gasteiger partial charge in [0.05, 0.1) is 0 Å². The minimum atomic E-state index is 0.838. The first-order valence-corrected chi connectivity index (χ1v) is 7.10. The largest absolute Gasteiger partial charge is 0.314 e. The lowest BCUT2D eigenvalue weighted by atomic mass is 10.1. The van der Waals surface area contributed by atoms with E-state index in [-0.39, 0.29) is 0 Å². The first-order valence-electron chi connectivity index (χ1n) is 7.10. The molecular formula is C14H30N2. The van der Waals surface area contributed by atoms with Crippen LogP contribution in [0.5, 0.6) is 0 Å². The summed E-state index contributed by atoms with van der Waals surface area (Å²) in [5.74, 6) is 0.838. The Bertz CT molecular complexity index is 164. The van der Waals surface area contributed by atoms with E-state index >= 15 is 0 Å². The molecule has 0 bridgehead atoms. The van der Waals surface area contributed by atoms with E-state index in [1.807, 2.05) is 0 Å². The SMILES string of the molecule is CC(C)CCN(C)CCCCCNC1CC1.